The molecule has 0 aromatic heterocycles. The maximum atomic E-state index is 6.30. The molecule has 1 aliphatic rings. The topological polar surface area (TPSA) is 29.3 Å². The highest BCUT2D eigenvalue weighted by Crippen LogP contribution is 2.30. The third-order valence-corrected chi connectivity index (χ3v) is 4.75. The van der Waals surface area contributed by atoms with Crippen LogP contribution in [-0.2, 0) is 0 Å². The monoisotopic (exact) mass is 344 g/mol. The van der Waals surface area contributed by atoms with Crippen molar-refractivity contribution in [3.63, 3.8) is 0 Å². The van der Waals surface area contributed by atoms with Crippen LogP contribution in [0.25, 0.3) is 0 Å². The van der Waals surface area contributed by atoms with Crippen molar-refractivity contribution in [3.05, 3.63) is 64.1 Å². The molecule has 2 aromatic carbocycles. The Labute approximate surface area is 135 Å². The summed E-state index contributed by atoms with van der Waals surface area (Å²) in [6, 6.07) is 17.6. The number of nitrogens with two attached hydrogens (primary N) is 1. The first kappa shape index (κ1) is 14.6. The van der Waals surface area contributed by atoms with E-state index >= 15 is 0 Å². The van der Waals surface area contributed by atoms with Crippen LogP contribution in [0.4, 0.5) is 5.69 Å². The van der Waals surface area contributed by atoms with Gasteiger partial charge in [-0.15, -0.1) is 0 Å². The summed E-state index contributed by atoms with van der Waals surface area (Å²) in [5.41, 5.74) is 10.3. The largest absolute Gasteiger partial charge is 0.369 e. The van der Waals surface area contributed by atoms with Crippen LogP contribution in [0.2, 0.25) is 0 Å². The minimum Gasteiger partial charge on any atom is -0.369 e. The van der Waals surface area contributed by atoms with Gasteiger partial charge in [-0.05, 0) is 43.2 Å². The number of nitrogens with zero attached hydrogens (tertiary/aromatic N) is 1. The van der Waals surface area contributed by atoms with Crippen molar-refractivity contribution >= 4 is 21.6 Å². The molecule has 2 nitrogen and oxygen atoms in total. The van der Waals surface area contributed by atoms with Gasteiger partial charge in [0.05, 0.1) is 0 Å². The van der Waals surface area contributed by atoms with Crippen molar-refractivity contribution < 1.29 is 0 Å². The average molecular weight is 345 g/mol. The van der Waals surface area contributed by atoms with E-state index in [1.165, 1.54) is 16.8 Å². The molecule has 2 atom stereocenters. The molecular weight excluding hydrogens is 324 g/mol. The molecule has 0 amide bonds. The van der Waals surface area contributed by atoms with Crippen LogP contribution in [0.15, 0.2) is 53.0 Å². The predicted octanol–water partition coefficient (Wildman–Crippen LogP) is 4.08. The van der Waals surface area contributed by atoms with Gasteiger partial charge in [0.2, 0.25) is 0 Å². The predicted molar refractivity (Wildman–Crippen MR) is 92.9 cm³/mol. The quantitative estimate of drug-likeness (QED) is 0.889. The summed E-state index contributed by atoms with van der Waals surface area (Å²) in [5.74, 6) is 0.512. The highest BCUT2D eigenvalue weighted by atomic mass is 79.9. The van der Waals surface area contributed by atoms with E-state index < -0.39 is 0 Å². The molecule has 2 N–H and O–H groups in total. The fourth-order valence-corrected chi connectivity index (χ4v) is 3.35. The zero-order valence-electron chi connectivity index (χ0n) is 12.3. The summed E-state index contributed by atoms with van der Waals surface area (Å²) >= 11 is 3.49. The maximum absolute atomic E-state index is 6.30. The Bertz CT molecular complexity index is 538. The maximum Gasteiger partial charge on any atom is 0.0367 e. The van der Waals surface area contributed by atoms with E-state index in [1.54, 1.807) is 0 Å². The third-order valence-electron chi connectivity index (χ3n) is 4.22. The molecule has 1 saturated heterocycles. The van der Waals surface area contributed by atoms with E-state index in [0.29, 0.717) is 5.92 Å². The van der Waals surface area contributed by atoms with Gasteiger partial charge in [-0.1, -0.05) is 45.8 Å². The Kier molecular flexibility index (Phi) is 4.32. The van der Waals surface area contributed by atoms with Crippen LogP contribution in [0, 0.1) is 6.92 Å². The molecular formula is C18H21BrN2. The lowest BCUT2D eigenvalue weighted by Crippen LogP contribution is -2.46. The van der Waals surface area contributed by atoms with E-state index in [0.717, 1.165) is 24.0 Å². The van der Waals surface area contributed by atoms with Crippen LogP contribution in [0.3, 0.4) is 0 Å². The first-order valence-electron chi connectivity index (χ1n) is 7.44. The van der Waals surface area contributed by atoms with Crippen molar-refractivity contribution in [1.29, 1.82) is 0 Å². The fraction of sp³-hybridized carbons (Fsp3) is 0.333. The lowest BCUT2D eigenvalue weighted by atomic mass is 9.88. The van der Waals surface area contributed by atoms with Crippen molar-refractivity contribution in [2.75, 3.05) is 18.0 Å². The SMILES string of the molecule is Cc1ccc(C2CC(N)CN(c3ccc(Br)cc3)C2)cc1. The van der Waals surface area contributed by atoms with Gasteiger partial charge in [-0.25, -0.2) is 0 Å². The smallest absolute Gasteiger partial charge is 0.0367 e. The summed E-state index contributed by atoms with van der Waals surface area (Å²) in [6.07, 6.45) is 1.07. The molecule has 110 valence electrons. The van der Waals surface area contributed by atoms with Crippen molar-refractivity contribution in [1.82, 2.24) is 0 Å². The average Bonchev–Trinajstić information content (AvgIpc) is 2.48. The Morgan fingerprint density at radius 3 is 2.33 bits per heavy atom. The number of benzene rings is 2. The van der Waals surface area contributed by atoms with Crippen LogP contribution in [0.1, 0.15) is 23.5 Å². The molecule has 0 aliphatic carbocycles. The van der Waals surface area contributed by atoms with Gasteiger partial charge in [0.1, 0.15) is 0 Å². The molecule has 0 radical (unpaired) electrons. The van der Waals surface area contributed by atoms with Crippen LogP contribution in [0.5, 0.6) is 0 Å². The summed E-state index contributed by atoms with van der Waals surface area (Å²) < 4.78 is 1.11. The van der Waals surface area contributed by atoms with Gasteiger partial charge in [0.25, 0.3) is 0 Å². The van der Waals surface area contributed by atoms with Gasteiger partial charge in [-0.2, -0.15) is 0 Å². The zero-order valence-corrected chi connectivity index (χ0v) is 13.9. The lowest BCUT2D eigenvalue weighted by molar-refractivity contribution is 0.454. The molecule has 2 unspecified atom stereocenters. The summed E-state index contributed by atoms with van der Waals surface area (Å²) in [4.78, 5) is 2.41. The minimum atomic E-state index is 0.230. The van der Waals surface area contributed by atoms with E-state index in [2.05, 4.69) is 76.3 Å². The summed E-state index contributed by atoms with van der Waals surface area (Å²) in [6.45, 7) is 4.10. The number of aryl methyl sites for hydroxylation is 1. The molecule has 3 heteroatoms. The van der Waals surface area contributed by atoms with Gasteiger partial charge in [0, 0.05) is 35.2 Å². The number of rotatable bonds is 2. The highest BCUT2D eigenvalue weighted by Gasteiger charge is 2.26. The molecule has 1 aliphatic heterocycles. The normalized spacial score (nSPS) is 22.3. The molecule has 2 aromatic rings. The molecule has 1 heterocycles. The Morgan fingerprint density at radius 2 is 1.67 bits per heavy atom. The molecule has 0 spiro atoms. The summed E-state index contributed by atoms with van der Waals surface area (Å²) in [5, 5.41) is 0. The summed E-state index contributed by atoms with van der Waals surface area (Å²) in [7, 11) is 0. The second-order valence-electron chi connectivity index (χ2n) is 5.98. The van der Waals surface area contributed by atoms with Crippen molar-refractivity contribution in [2.24, 2.45) is 5.73 Å². The zero-order chi connectivity index (χ0) is 14.8. The van der Waals surface area contributed by atoms with Crippen LogP contribution >= 0.6 is 15.9 Å². The first-order valence-corrected chi connectivity index (χ1v) is 8.24. The number of hydrogen-bond donors (Lipinski definition) is 1. The van der Waals surface area contributed by atoms with Crippen molar-refractivity contribution in [2.45, 2.75) is 25.3 Å². The van der Waals surface area contributed by atoms with E-state index in [-0.39, 0.29) is 6.04 Å². The van der Waals surface area contributed by atoms with E-state index in [4.69, 9.17) is 5.73 Å². The Balaban J connectivity index is 1.81. The first-order chi connectivity index (χ1) is 10.1. The lowest BCUT2D eigenvalue weighted by Gasteiger charge is -2.38. The molecule has 0 saturated carbocycles. The Hall–Kier alpha value is -1.32. The van der Waals surface area contributed by atoms with Gasteiger partial charge < -0.3 is 10.6 Å². The molecule has 0 bridgehead atoms. The van der Waals surface area contributed by atoms with Crippen LogP contribution < -0.4 is 10.6 Å². The van der Waals surface area contributed by atoms with E-state index in [1.807, 2.05) is 0 Å². The third kappa shape index (κ3) is 3.47. The number of hydrogen-bond acceptors (Lipinski definition) is 2. The van der Waals surface area contributed by atoms with E-state index in [9.17, 15) is 0 Å². The highest BCUT2D eigenvalue weighted by molar-refractivity contribution is 9.10. The minimum absolute atomic E-state index is 0.230. The second-order valence-corrected chi connectivity index (χ2v) is 6.90. The second kappa shape index (κ2) is 6.20. The van der Waals surface area contributed by atoms with Crippen molar-refractivity contribution in [3.8, 4) is 0 Å². The molecule has 3 rings (SSSR count). The molecule has 21 heavy (non-hydrogen) atoms. The number of piperidine rings is 1. The van der Waals surface area contributed by atoms with Gasteiger partial charge in [0.15, 0.2) is 0 Å². The number of halogens is 1. The molecule has 1 fully saturated rings. The van der Waals surface area contributed by atoms with Crippen LogP contribution in [-0.4, -0.2) is 19.1 Å². The van der Waals surface area contributed by atoms with Gasteiger partial charge in [-0.3, -0.25) is 0 Å². The fourth-order valence-electron chi connectivity index (χ4n) is 3.08. The number of anilines is 1. The standard InChI is InChI=1S/C18H21BrN2/c1-13-2-4-14(5-3-13)15-10-17(20)12-21(11-15)18-8-6-16(19)7-9-18/h2-9,15,17H,10-12,20H2,1H3. The Morgan fingerprint density at radius 1 is 1.00 bits per heavy atom. The van der Waals surface area contributed by atoms with Gasteiger partial charge >= 0.3 is 0 Å².